The van der Waals surface area contributed by atoms with Gasteiger partial charge in [-0.3, -0.25) is 0 Å². The Bertz CT molecular complexity index is 183. The first-order chi connectivity index (χ1) is 4.73. The maximum atomic E-state index is 9.80. The fraction of sp³-hybridized carbons (Fsp3) is 0.778. The van der Waals surface area contributed by atoms with E-state index < -0.39 is 0 Å². The molecule has 2 fully saturated rings. The molecule has 2 atom stereocenters. The van der Waals surface area contributed by atoms with Gasteiger partial charge >= 0.3 is 0 Å². The predicted octanol–water partition coefficient (Wildman–Crippen LogP) is 1.87. The highest BCUT2D eigenvalue weighted by Gasteiger charge is 2.45. The van der Waals surface area contributed by atoms with Gasteiger partial charge in [0.15, 0.2) is 0 Å². The third-order valence-electron chi connectivity index (χ3n) is 3.01. The van der Waals surface area contributed by atoms with Crippen molar-refractivity contribution < 1.29 is 5.11 Å². The molecular weight excluding hydrogens is 124 g/mol. The summed E-state index contributed by atoms with van der Waals surface area (Å²) >= 11 is 0. The van der Waals surface area contributed by atoms with E-state index in [-0.39, 0.29) is 5.60 Å². The fourth-order valence-electron chi connectivity index (χ4n) is 2.44. The molecule has 2 aliphatic carbocycles. The molecule has 0 aromatic rings. The van der Waals surface area contributed by atoms with Crippen LogP contribution in [0.4, 0.5) is 0 Å². The lowest BCUT2D eigenvalue weighted by atomic mass is 9.93. The summed E-state index contributed by atoms with van der Waals surface area (Å²) in [5.74, 6) is 0.731. The van der Waals surface area contributed by atoms with E-state index in [2.05, 4.69) is 13.0 Å². The van der Waals surface area contributed by atoms with Crippen molar-refractivity contribution in [3.8, 4) is 0 Å². The fourth-order valence-corrected chi connectivity index (χ4v) is 2.44. The van der Waals surface area contributed by atoms with E-state index in [0.29, 0.717) is 0 Å². The summed E-state index contributed by atoms with van der Waals surface area (Å²) in [7, 11) is 0. The van der Waals surface area contributed by atoms with E-state index in [1.807, 2.05) is 0 Å². The molecule has 0 radical (unpaired) electrons. The predicted molar refractivity (Wildman–Crippen MR) is 40.7 cm³/mol. The molecule has 0 spiro atoms. The lowest BCUT2D eigenvalue weighted by Gasteiger charge is -2.19. The first-order valence-corrected chi connectivity index (χ1v) is 4.11. The number of hydrogen-bond donors (Lipinski definition) is 1. The van der Waals surface area contributed by atoms with Crippen LogP contribution in [-0.4, -0.2) is 10.7 Å². The quantitative estimate of drug-likeness (QED) is 0.507. The van der Waals surface area contributed by atoms with Gasteiger partial charge in [0.05, 0.1) is 5.60 Å². The Kier molecular flexibility index (Phi) is 1.19. The molecule has 0 aliphatic heterocycles. The van der Waals surface area contributed by atoms with Crippen LogP contribution >= 0.6 is 0 Å². The Morgan fingerprint density at radius 2 is 2.50 bits per heavy atom. The van der Waals surface area contributed by atoms with Gasteiger partial charge in [0.25, 0.3) is 0 Å². The Morgan fingerprint density at radius 3 is 2.80 bits per heavy atom. The van der Waals surface area contributed by atoms with Crippen molar-refractivity contribution in [3.63, 3.8) is 0 Å². The second kappa shape index (κ2) is 1.85. The number of aliphatic hydroxyl groups is 1. The first-order valence-electron chi connectivity index (χ1n) is 4.11. The van der Waals surface area contributed by atoms with Crippen molar-refractivity contribution in [3.05, 3.63) is 11.6 Å². The molecule has 2 rings (SSSR count). The number of rotatable bonds is 0. The molecule has 0 aromatic carbocycles. The molecule has 0 heterocycles. The zero-order valence-electron chi connectivity index (χ0n) is 6.43. The highest BCUT2D eigenvalue weighted by molar-refractivity contribution is 5.21. The number of allylic oxidation sites excluding steroid dienone is 1. The molecule has 0 amide bonds. The van der Waals surface area contributed by atoms with Gasteiger partial charge in [-0.15, -0.1) is 0 Å². The summed E-state index contributed by atoms with van der Waals surface area (Å²) in [6.07, 6.45) is 6.42. The average molecular weight is 138 g/mol. The standard InChI is InChI=1S/C9H14O/c1-2-7-5-9(10)4-3-8(7)6-9/h2,8,10H,3-6H2,1H3. The lowest BCUT2D eigenvalue weighted by molar-refractivity contribution is 0.0580. The van der Waals surface area contributed by atoms with Crippen LogP contribution < -0.4 is 0 Å². The minimum absolute atomic E-state index is 0.285. The van der Waals surface area contributed by atoms with Crippen LogP contribution in [0.5, 0.6) is 0 Å². The van der Waals surface area contributed by atoms with Crippen molar-refractivity contribution in [2.45, 2.75) is 38.2 Å². The Balaban J connectivity index is 2.25. The zero-order valence-corrected chi connectivity index (χ0v) is 6.43. The van der Waals surface area contributed by atoms with E-state index in [1.165, 1.54) is 12.0 Å². The van der Waals surface area contributed by atoms with Crippen LogP contribution in [0, 0.1) is 5.92 Å². The molecule has 2 aliphatic rings. The van der Waals surface area contributed by atoms with Gasteiger partial charge < -0.3 is 5.11 Å². The van der Waals surface area contributed by atoms with E-state index in [0.717, 1.165) is 25.2 Å². The van der Waals surface area contributed by atoms with Crippen molar-refractivity contribution in [2.75, 3.05) is 0 Å². The van der Waals surface area contributed by atoms with Crippen molar-refractivity contribution in [1.82, 2.24) is 0 Å². The summed E-state index contributed by atoms with van der Waals surface area (Å²) in [6, 6.07) is 0. The third-order valence-corrected chi connectivity index (χ3v) is 3.01. The van der Waals surface area contributed by atoms with Crippen molar-refractivity contribution >= 4 is 0 Å². The van der Waals surface area contributed by atoms with E-state index in [4.69, 9.17) is 0 Å². The second-order valence-corrected chi connectivity index (χ2v) is 3.70. The summed E-state index contributed by atoms with van der Waals surface area (Å²) in [4.78, 5) is 0. The molecule has 2 unspecified atom stereocenters. The SMILES string of the molecule is CC=C1CC2(O)CCC1C2. The van der Waals surface area contributed by atoms with Gasteiger partial charge in [-0.05, 0) is 38.5 Å². The first kappa shape index (κ1) is 6.41. The zero-order chi connectivity index (χ0) is 7.19. The Labute approximate surface area is 61.8 Å². The third kappa shape index (κ3) is 0.734. The van der Waals surface area contributed by atoms with Crippen LogP contribution in [0.1, 0.15) is 32.6 Å². The number of fused-ring (bicyclic) bond motifs is 2. The summed E-state index contributed by atoms with van der Waals surface area (Å²) in [5.41, 5.74) is 1.21. The molecule has 10 heavy (non-hydrogen) atoms. The van der Waals surface area contributed by atoms with Crippen LogP contribution in [0.15, 0.2) is 11.6 Å². The van der Waals surface area contributed by atoms with Crippen LogP contribution in [0.2, 0.25) is 0 Å². The summed E-state index contributed by atoms with van der Waals surface area (Å²) in [5, 5.41) is 9.80. The minimum atomic E-state index is -0.285. The van der Waals surface area contributed by atoms with Gasteiger partial charge in [0, 0.05) is 0 Å². The molecule has 2 bridgehead atoms. The molecule has 0 aromatic heterocycles. The molecule has 56 valence electrons. The molecule has 1 nitrogen and oxygen atoms in total. The van der Waals surface area contributed by atoms with E-state index in [1.54, 1.807) is 0 Å². The minimum Gasteiger partial charge on any atom is -0.390 e. The van der Waals surface area contributed by atoms with Crippen LogP contribution in [0.3, 0.4) is 0 Å². The Morgan fingerprint density at radius 1 is 1.70 bits per heavy atom. The Hall–Kier alpha value is -0.300. The monoisotopic (exact) mass is 138 g/mol. The van der Waals surface area contributed by atoms with Crippen molar-refractivity contribution in [1.29, 1.82) is 0 Å². The van der Waals surface area contributed by atoms with Gasteiger partial charge in [0.1, 0.15) is 0 Å². The van der Waals surface area contributed by atoms with Crippen LogP contribution in [-0.2, 0) is 0 Å². The molecule has 1 N–H and O–H groups in total. The second-order valence-electron chi connectivity index (χ2n) is 3.70. The van der Waals surface area contributed by atoms with E-state index >= 15 is 0 Å². The topological polar surface area (TPSA) is 20.2 Å². The molecule has 0 saturated heterocycles. The summed E-state index contributed by atoms with van der Waals surface area (Å²) in [6.45, 7) is 2.08. The van der Waals surface area contributed by atoms with E-state index in [9.17, 15) is 5.11 Å². The smallest absolute Gasteiger partial charge is 0.0690 e. The van der Waals surface area contributed by atoms with Crippen molar-refractivity contribution in [2.24, 2.45) is 5.92 Å². The maximum Gasteiger partial charge on any atom is 0.0690 e. The highest BCUT2D eigenvalue weighted by atomic mass is 16.3. The van der Waals surface area contributed by atoms with Gasteiger partial charge in [-0.1, -0.05) is 11.6 Å². The summed E-state index contributed by atoms with van der Waals surface area (Å²) < 4.78 is 0. The number of hydrogen-bond acceptors (Lipinski definition) is 1. The highest BCUT2D eigenvalue weighted by Crippen LogP contribution is 2.50. The van der Waals surface area contributed by atoms with Gasteiger partial charge in [-0.2, -0.15) is 0 Å². The largest absolute Gasteiger partial charge is 0.390 e. The lowest BCUT2D eigenvalue weighted by Crippen LogP contribution is -2.21. The molecule has 1 heteroatoms. The normalized spacial score (nSPS) is 49.0. The van der Waals surface area contributed by atoms with Crippen LogP contribution in [0.25, 0.3) is 0 Å². The van der Waals surface area contributed by atoms with Gasteiger partial charge in [-0.25, -0.2) is 0 Å². The average Bonchev–Trinajstić information content (AvgIpc) is 2.41. The molecular formula is C9H14O. The molecule has 2 saturated carbocycles. The van der Waals surface area contributed by atoms with Gasteiger partial charge in [0.2, 0.25) is 0 Å². The maximum absolute atomic E-state index is 9.80.